The topological polar surface area (TPSA) is 112 Å². The number of esters is 3. The van der Waals surface area contributed by atoms with Crippen molar-refractivity contribution in [3.63, 3.8) is 0 Å². The van der Waals surface area contributed by atoms with Crippen LogP contribution in [0, 0.1) is 5.92 Å². The number of likely N-dealkylation sites (tertiary alicyclic amines) is 1. The molecule has 1 aliphatic rings. The summed E-state index contributed by atoms with van der Waals surface area (Å²) in [6.07, 6.45) is 1.32. The quantitative estimate of drug-likeness (QED) is 0.485. The Morgan fingerprint density at radius 2 is 1.72 bits per heavy atom. The maximum absolute atomic E-state index is 12.5. The zero-order valence-electron chi connectivity index (χ0n) is 16.9. The van der Waals surface area contributed by atoms with Gasteiger partial charge in [0, 0.05) is 12.8 Å². The lowest BCUT2D eigenvalue weighted by Crippen LogP contribution is -3.14. The van der Waals surface area contributed by atoms with Gasteiger partial charge in [0.15, 0.2) is 6.54 Å². The minimum Gasteiger partial charge on any atom is -0.466 e. The van der Waals surface area contributed by atoms with Crippen LogP contribution >= 0.6 is 0 Å². The fraction of sp³-hybridized carbons (Fsp3) is 0.500. The fourth-order valence-electron chi connectivity index (χ4n) is 3.30. The molecule has 1 aromatic rings. The van der Waals surface area contributed by atoms with Gasteiger partial charge >= 0.3 is 17.9 Å². The first-order valence-corrected chi connectivity index (χ1v) is 9.50. The number of methoxy groups -OCH3 is 2. The van der Waals surface area contributed by atoms with Gasteiger partial charge < -0.3 is 24.4 Å². The second-order valence-corrected chi connectivity index (χ2v) is 6.74. The summed E-state index contributed by atoms with van der Waals surface area (Å²) in [6.45, 7) is 3.66. The molecule has 158 valence electrons. The number of hydrogen-bond donors (Lipinski definition) is 2. The van der Waals surface area contributed by atoms with Gasteiger partial charge in [0.25, 0.3) is 5.91 Å². The summed E-state index contributed by atoms with van der Waals surface area (Å²) < 4.78 is 14.5. The molecule has 1 saturated heterocycles. The van der Waals surface area contributed by atoms with Crippen LogP contribution in [0.15, 0.2) is 18.2 Å². The Morgan fingerprint density at radius 1 is 1.07 bits per heavy atom. The van der Waals surface area contributed by atoms with Crippen LogP contribution in [-0.2, 0) is 23.8 Å². The highest BCUT2D eigenvalue weighted by Gasteiger charge is 2.29. The van der Waals surface area contributed by atoms with Gasteiger partial charge in [0.05, 0.1) is 56.6 Å². The van der Waals surface area contributed by atoms with E-state index in [9.17, 15) is 19.2 Å². The summed E-state index contributed by atoms with van der Waals surface area (Å²) in [5, 5.41) is 2.69. The molecule has 0 aliphatic carbocycles. The van der Waals surface area contributed by atoms with Crippen LogP contribution in [0.5, 0.6) is 0 Å². The fourth-order valence-corrected chi connectivity index (χ4v) is 3.30. The minimum atomic E-state index is -0.626. The summed E-state index contributed by atoms with van der Waals surface area (Å²) >= 11 is 0. The van der Waals surface area contributed by atoms with E-state index >= 15 is 0 Å². The molecule has 0 saturated carbocycles. The van der Waals surface area contributed by atoms with E-state index in [1.54, 1.807) is 6.92 Å². The molecule has 1 aliphatic heterocycles. The summed E-state index contributed by atoms with van der Waals surface area (Å²) in [6, 6.07) is 4.23. The Bertz CT molecular complexity index is 770. The molecule has 1 aromatic carbocycles. The van der Waals surface area contributed by atoms with E-state index < -0.39 is 11.9 Å². The summed E-state index contributed by atoms with van der Waals surface area (Å²) in [5.41, 5.74) is 0.535. The number of ether oxygens (including phenoxy) is 3. The number of amides is 1. The monoisotopic (exact) mass is 407 g/mol. The molecule has 29 heavy (non-hydrogen) atoms. The van der Waals surface area contributed by atoms with Crippen LogP contribution in [0.25, 0.3) is 0 Å². The van der Waals surface area contributed by atoms with Gasteiger partial charge in [-0.2, -0.15) is 0 Å². The first-order chi connectivity index (χ1) is 13.9. The third kappa shape index (κ3) is 6.02. The molecule has 2 N–H and O–H groups in total. The van der Waals surface area contributed by atoms with Gasteiger partial charge in [-0.3, -0.25) is 9.59 Å². The SMILES string of the molecule is CCOC(=O)C1CC[NH+](CC(=O)Nc2cc(C(=O)OC)ccc2C(=O)OC)CC1. The molecule has 9 nitrogen and oxygen atoms in total. The Hall–Kier alpha value is -2.94. The minimum absolute atomic E-state index is 0.121. The Labute approximate surface area is 169 Å². The van der Waals surface area contributed by atoms with Gasteiger partial charge in [-0.25, -0.2) is 9.59 Å². The number of nitrogens with one attached hydrogen (secondary N) is 2. The van der Waals surface area contributed by atoms with Crippen molar-refractivity contribution in [1.82, 2.24) is 0 Å². The van der Waals surface area contributed by atoms with Crippen molar-refractivity contribution in [2.45, 2.75) is 19.8 Å². The number of benzene rings is 1. The van der Waals surface area contributed by atoms with E-state index in [0.717, 1.165) is 4.90 Å². The van der Waals surface area contributed by atoms with Crippen LogP contribution < -0.4 is 10.2 Å². The van der Waals surface area contributed by atoms with E-state index in [1.165, 1.54) is 32.4 Å². The molecule has 0 spiro atoms. The maximum atomic E-state index is 12.5. The van der Waals surface area contributed by atoms with Crippen molar-refractivity contribution >= 4 is 29.5 Å². The zero-order valence-corrected chi connectivity index (χ0v) is 16.9. The average molecular weight is 407 g/mol. The van der Waals surface area contributed by atoms with Crippen LogP contribution in [0.1, 0.15) is 40.5 Å². The third-order valence-electron chi connectivity index (χ3n) is 4.84. The summed E-state index contributed by atoms with van der Waals surface area (Å²) in [4.78, 5) is 49.1. The number of anilines is 1. The van der Waals surface area contributed by atoms with Crippen molar-refractivity contribution in [2.75, 3.05) is 45.8 Å². The molecule has 1 amide bonds. The van der Waals surface area contributed by atoms with Crippen molar-refractivity contribution in [3.05, 3.63) is 29.3 Å². The van der Waals surface area contributed by atoms with Crippen LogP contribution in [-0.4, -0.2) is 64.3 Å². The highest BCUT2D eigenvalue weighted by molar-refractivity contribution is 6.03. The second kappa shape index (κ2) is 10.6. The summed E-state index contributed by atoms with van der Waals surface area (Å²) in [5.74, 6) is -1.81. The van der Waals surface area contributed by atoms with Crippen LogP contribution in [0.3, 0.4) is 0 Å². The molecular weight excluding hydrogens is 380 g/mol. The molecular formula is C20H27N2O7+. The number of rotatable bonds is 7. The summed E-state index contributed by atoms with van der Waals surface area (Å²) in [7, 11) is 2.48. The highest BCUT2D eigenvalue weighted by atomic mass is 16.5. The van der Waals surface area contributed by atoms with Crippen molar-refractivity contribution in [3.8, 4) is 0 Å². The van der Waals surface area contributed by atoms with Crippen molar-refractivity contribution in [2.24, 2.45) is 5.92 Å². The predicted molar refractivity (Wildman–Crippen MR) is 103 cm³/mol. The van der Waals surface area contributed by atoms with E-state index in [1.807, 2.05) is 0 Å². The Morgan fingerprint density at radius 3 is 2.31 bits per heavy atom. The van der Waals surface area contributed by atoms with E-state index in [2.05, 4.69) is 10.1 Å². The number of quaternary nitrogens is 1. The van der Waals surface area contributed by atoms with Gasteiger partial charge in [-0.05, 0) is 25.1 Å². The zero-order chi connectivity index (χ0) is 21.4. The molecule has 9 heteroatoms. The molecule has 0 unspecified atom stereocenters. The van der Waals surface area contributed by atoms with Crippen LogP contribution in [0.4, 0.5) is 5.69 Å². The van der Waals surface area contributed by atoms with Gasteiger partial charge in [-0.15, -0.1) is 0 Å². The molecule has 0 aromatic heterocycles. The van der Waals surface area contributed by atoms with E-state index in [-0.39, 0.29) is 41.2 Å². The molecule has 2 rings (SSSR count). The smallest absolute Gasteiger partial charge is 0.339 e. The standard InChI is InChI=1S/C20H26N2O7/c1-4-29-19(25)13-7-9-22(10-8-13)12-17(23)21-16-11-14(18(24)27-2)5-6-15(16)20(26)28-3/h5-6,11,13H,4,7-10,12H2,1-3H3,(H,21,23)/p+1. The number of carbonyl (C=O) groups excluding carboxylic acids is 4. The lowest BCUT2D eigenvalue weighted by atomic mass is 9.97. The molecule has 1 fully saturated rings. The van der Waals surface area contributed by atoms with Gasteiger partial charge in [-0.1, -0.05) is 0 Å². The average Bonchev–Trinajstić information content (AvgIpc) is 2.73. The second-order valence-electron chi connectivity index (χ2n) is 6.74. The lowest BCUT2D eigenvalue weighted by molar-refractivity contribution is -0.897. The van der Waals surface area contributed by atoms with Crippen LogP contribution in [0.2, 0.25) is 0 Å². The molecule has 0 radical (unpaired) electrons. The molecule has 0 atom stereocenters. The Balaban J connectivity index is 2.02. The van der Waals surface area contributed by atoms with Crippen molar-refractivity contribution in [1.29, 1.82) is 0 Å². The first kappa shape index (κ1) is 22.4. The largest absolute Gasteiger partial charge is 0.466 e. The normalized spacial score (nSPS) is 18.4. The predicted octanol–water partition coefficient (Wildman–Crippen LogP) is 0.0563. The number of piperidine rings is 1. The van der Waals surface area contributed by atoms with E-state index in [4.69, 9.17) is 9.47 Å². The Kier molecular flexibility index (Phi) is 8.14. The van der Waals surface area contributed by atoms with E-state index in [0.29, 0.717) is 32.5 Å². The highest BCUT2D eigenvalue weighted by Crippen LogP contribution is 2.19. The van der Waals surface area contributed by atoms with Gasteiger partial charge in [0.2, 0.25) is 0 Å². The maximum Gasteiger partial charge on any atom is 0.339 e. The lowest BCUT2D eigenvalue weighted by Gasteiger charge is -2.27. The number of carbonyl (C=O) groups is 4. The first-order valence-electron chi connectivity index (χ1n) is 9.50. The third-order valence-corrected chi connectivity index (χ3v) is 4.84. The van der Waals surface area contributed by atoms with Gasteiger partial charge in [0.1, 0.15) is 0 Å². The number of hydrogen-bond acceptors (Lipinski definition) is 7. The molecule has 0 bridgehead atoms. The molecule has 1 heterocycles. The van der Waals surface area contributed by atoms with Crippen molar-refractivity contribution < 1.29 is 38.3 Å².